The van der Waals surface area contributed by atoms with E-state index in [2.05, 4.69) is 9.97 Å². The number of rotatable bonds is 3. The Kier molecular flexibility index (Phi) is 7.31. The van der Waals surface area contributed by atoms with Crippen LogP contribution in [0, 0.1) is 5.82 Å². The molecule has 1 N–H and O–H groups in total. The Morgan fingerprint density at radius 1 is 1.05 bits per heavy atom. The highest BCUT2D eigenvalue weighted by molar-refractivity contribution is 7.99. The van der Waals surface area contributed by atoms with E-state index in [0.29, 0.717) is 17.0 Å². The number of alkyl halides is 3. The predicted molar refractivity (Wildman–Crippen MR) is 155 cm³/mol. The van der Waals surface area contributed by atoms with Gasteiger partial charge in [-0.3, -0.25) is 14.5 Å². The van der Waals surface area contributed by atoms with Crippen molar-refractivity contribution in [3.8, 4) is 11.1 Å². The topological polar surface area (TPSA) is 91.6 Å². The standard InChI is InChI=1S/C30H27F4N5O3S/c1-16-12-37(13-17(2)39(16)29(41)42)27-21-11-22(30(32,33)34)24(18-6-8-20(31)9-7-18)26-25(21)38(28(40)36-27)14-19(15-43-26)23-5-3-4-10-35-23/h3-11,16-17,19H,12-15H2,1-2H3,(H,41,42)/t16-,17+,19-/m0/s1. The minimum absolute atomic E-state index is 0.0780. The fourth-order valence-corrected chi connectivity index (χ4v) is 7.57. The number of benzene rings is 2. The van der Waals surface area contributed by atoms with Crippen LogP contribution >= 0.6 is 11.8 Å². The van der Waals surface area contributed by atoms with Crippen molar-refractivity contribution < 1.29 is 27.5 Å². The summed E-state index contributed by atoms with van der Waals surface area (Å²) in [6.07, 6.45) is -4.26. The van der Waals surface area contributed by atoms with Crippen LogP contribution in [-0.4, -0.2) is 61.6 Å². The first-order chi connectivity index (χ1) is 20.4. The summed E-state index contributed by atoms with van der Waals surface area (Å²) in [5, 5.41) is 9.82. The molecule has 0 spiro atoms. The minimum Gasteiger partial charge on any atom is -0.465 e. The lowest BCUT2D eigenvalue weighted by molar-refractivity contribution is -0.137. The molecule has 0 bridgehead atoms. The molecule has 2 aliphatic heterocycles. The summed E-state index contributed by atoms with van der Waals surface area (Å²) in [5.41, 5.74) is -0.508. The Labute approximate surface area is 248 Å². The second-order valence-corrected chi connectivity index (χ2v) is 11.9. The molecule has 0 unspecified atom stereocenters. The number of pyridine rings is 1. The number of hydrogen-bond acceptors (Lipinski definition) is 6. The van der Waals surface area contributed by atoms with Crippen molar-refractivity contribution in [2.45, 2.75) is 49.5 Å². The van der Waals surface area contributed by atoms with Crippen LogP contribution in [0.3, 0.4) is 0 Å². The maximum Gasteiger partial charge on any atom is 0.417 e. The third-order valence-electron chi connectivity index (χ3n) is 8.01. The van der Waals surface area contributed by atoms with Gasteiger partial charge >= 0.3 is 18.0 Å². The maximum absolute atomic E-state index is 14.9. The molecule has 2 aromatic heterocycles. The molecule has 13 heteroatoms. The number of amides is 1. The van der Waals surface area contributed by atoms with Gasteiger partial charge in [-0.15, -0.1) is 11.8 Å². The van der Waals surface area contributed by atoms with E-state index < -0.39 is 41.4 Å². The molecule has 4 heterocycles. The van der Waals surface area contributed by atoms with E-state index in [4.69, 9.17) is 0 Å². The van der Waals surface area contributed by atoms with Crippen molar-refractivity contribution in [2.24, 2.45) is 0 Å². The second kappa shape index (κ2) is 10.9. The zero-order chi connectivity index (χ0) is 30.6. The number of anilines is 1. The van der Waals surface area contributed by atoms with Crippen LogP contribution in [0.25, 0.3) is 22.0 Å². The molecule has 2 aromatic carbocycles. The van der Waals surface area contributed by atoms with E-state index in [9.17, 15) is 32.3 Å². The fraction of sp³-hybridized carbons (Fsp3) is 0.333. The van der Waals surface area contributed by atoms with Gasteiger partial charge in [-0.05, 0) is 49.7 Å². The van der Waals surface area contributed by atoms with Crippen LogP contribution in [0.2, 0.25) is 0 Å². The van der Waals surface area contributed by atoms with Gasteiger partial charge in [0.25, 0.3) is 0 Å². The summed E-state index contributed by atoms with van der Waals surface area (Å²) in [5.74, 6) is -0.473. The van der Waals surface area contributed by atoms with Gasteiger partial charge in [-0.1, -0.05) is 18.2 Å². The zero-order valence-electron chi connectivity index (χ0n) is 23.2. The van der Waals surface area contributed by atoms with E-state index in [1.54, 1.807) is 31.0 Å². The third kappa shape index (κ3) is 5.19. The first kappa shape index (κ1) is 29.0. The number of hydrogen-bond donors (Lipinski definition) is 1. The maximum atomic E-state index is 14.9. The summed E-state index contributed by atoms with van der Waals surface area (Å²) >= 11 is 1.20. The molecular formula is C30H27F4N5O3S. The van der Waals surface area contributed by atoms with E-state index in [1.807, 2.05) is 12.1 Å². The van der Waals surface area contributed by atoms with Crippen molar-refractivity contribution in [3.63, 3.8) is 0 Å². The molecule has 1 amide bonds. The van der Waals surface area contributed by atoms with Crippen LogP contribution in [0.15, 0.2) is 64.4 Å². The first-order valence-electron chi connectivity index (χ1n) is 13.7. The molecule has 43 heavy (non-hydrogen) atoms. The van der Waals surface area contributed by atoms with Crippen molar-refractivity contribution in [3.05, 3.63) is 82.3 Å². The molecule has 224 valence electrons. The molecule has 8 nitrogen and oxygen atoms in total. The van der Waals surface area contributed by atoms with Gasteiger partial charge in [0.1, 0.15) is 11.6 Å². The number of thioether (sulfide) groups is 1. The highest BCUT2D eigenvalue weighted by atomic mass is 32.2. The molecule has 0 radical (unpaired) electrons. The normalized spacial score (nSPS) is 20.7. The van der Waals surface area contributed by atoms with E-state index in [0.717, 1.165) is 18.2 Å². The summed E-state index contributed by atoms with van der Waals surface area (Å²) < 4.78 is 59.9. The second-order valence-electron chi connectivity index (χ2n) is 10.9. The molecule has 3 atom stereocenters. The molecule has 1 fully saturated rings. The predicted octanol–water partition coefficient (Wildman–Crippen LogP) is 6.08. The Morgan fingerprint density at radius 2 is 1.74 bits per heavy atom. The SMILES string of the molecule is C[C@@H]1CN(c2nc(=O)n3c4c(c(-c5ccc(F)cc5)c(C(F)(F)F)cc24)SC[C@@H](c2ccccn2)C3)C[C@H](C)N1C(=O)O. The van der Waals surface area contributed by atoms with Crippen molar-refractivity contribution in [1.29, 1.82) is 0 Å². The van der Waals surface area contributed by atoms with Gasteiger partial charge in [0, 0.05) is 59.0 Å². The van der Waals surface area contributed by atoms with Gasteiger partial charge in [0.2, 0.25) is 0 Å². The molecular weight excluding hydrogens is 586 g/mol. The largest absolute Gasteiger partial charge is 0.465 e. The van der Waals surface area contributed by atoms with E-state index in [-0.39, 0.29) is 52.8 Å². The van der Waals surface area contributed by atoms with Crippen molar-refractivity contribution in [1.82, 2.24) is 19.4 Å². The monoisotopic (exact) mass is 613 g/mol. The van der Waals surface area contributed by atoms with Crippen molar-refractivity contribution in [2.75, 3.05) is 23.7 Å². The fourth-order valence-electron chi connectivity index (χ4n) is 6.20. The van der Waals surface area contributed by atoms with Gasteiger partial charge in [0.15, 0.2) is 0 Å². The number of nitrogens with zero attached hydrogens (tertiary/aromatic N) is 5. The summed E-state index contributed by atoms with van der Waals surface area (Å²) in [6.45, 7) is 3.85. The Morgan fingerprint density at radius 3 is 2.35 bits per heavy atom. The average Bonchev–Trinajstić information content (AvgIpc) is 3.16. The van der Waals surface area contributed by atoms with Gasteiger partial charge in [-0.2, -0.15) is 18.2 Å². The third-order valence-corrected chi connectivity index (χ3v) is 9.27. The molecule has 6 rings (SSSR count). The minimum atomic E-state index is -4.79. The zero-order valence-corrected chi connectivity index (χ0v) is 24.0. The Hall–Kier alpha value is -4.13. The number of piperazine rings is 1. The highest BCUT2D eigenvalue weighted by Gasteiger charge is 2.40. The van der Waals surface area contributed by atoms with Gasteiger partial charge in [-0.25, -0.2) is 14.0 Å². The number of aromatic nitrogens is 3. The quantitative estimate of drug-likeness (QED) is 0.280. The number of carboxylic acid groups (broad SMARTS) is 1. The molecule has 1 saturated heterocycles. The van der Waals surface area contributed by atoms with Crippen LogP contribution in [0.5, 0.6) is 0 Å². The Bertz CT molecular complexity index is 1750. The van der Waals surface area contributed by atoms with Crippen LogP contribution < -0.4 is 10.6 Å². The smallest absolute Gasteiger partial charge is 0.417 e. The Balaban J connectivity index is 1.64. The van der Waals surface area contributed by atoms with Crippen LogP contribution in [0.4, 0.5) is 28.2 Å². The lowest BCUT2D eigenvalue weighted by Crippen LogP contribution is -2.58. The summed E-state index contributed by atoms with van der Waals surface area (Å²) in [6, 6.07) is 10.3. The van der Waals surface area contributed by atoms with Gasteiger partial charge in [0.05, 0.1) is 23.2 Å². The summed E-state index contributed by atoms with van der Waals surface area (Å²) in [4.78, 5) is 37.6. The number of halogens is 4. The summed E-state index contributed by atoms with van der Waals surface area (Å²) in [7, 11) is 0. The molecule has 0 saturated carbocycles. The van der Waals surface area contributed by atoms with Crippen LogP contribution in [0.1, 0.15) is 31.0 Å². The lowest BCUT2D eigenvalue weighted by atomic mass is 9.96. The lowest BCUT2D eigenvalue weighted by Gasteiger charge is -2.43. The van der Waals surface area contributed by atoms with Crippen LogP contribution in [-0.2, 0) is 12.7 Å². The first-order valence-corrected chi connectivity index (χ1v) is 14.7. The molecule has 2 aliphatic rings. The van der Waals surface area contributed by atoms with E-state index >= 15 is 0 Å². The average molecular weight is 614 g/mol. The van der Waals surface area contributed by atoms with E-state index in [1.165, 1.54) is 33.4 Å². The van der Waals surface area contributed by atoms with Gasteiger partial charge < -0.3 is 10.0 Å². The highest BCUT2D eigenvalue weighted by Crippen LogP contribution is 2.49. The molecule has 0 aliphatic carbocycles. The molecule has 4 aromatic rings. The number of carbonyl (C=O) groups is 1. The van der Waals surface area contributed by atoms with Crippen molar-refractivity contribution >= 4 is 34.6 Å².